The van der Waals surface area contributed by atoms with Crippen molar-refractivity contribution in [1.29, 1.82) is 0 Å². The Bertz CT molecular complexity index is 4080. The largest absolute Gasteiger partial charge is 0.489 e. The number of hydrogen-bond acceptors (Lipinski definition) is 2. The number of fused-ring (bicyclic) bond motifs is 10. The fourth-order valence-corrected chi connectivity index (χ4v) is 15.3. The van der Waals surface area contributed by atoms with Gasteiger partial charge in [-0.25, -0.2) is 0 Å². The quantitative estimate of drug-likeness (QED) is 0.102. The molecule has 5 heteroatoms. The molecule has 0 amide bonds. The van der Waals surface area contributed by atoms with Gasteiger partial charge in [-0.1, -0.05) is 210 Å². The monoisotopic (exact) mass is 1110 g/mol. The first kappa shape index (κ1) is 56.6. The Hall–Kier alpha value is -7.86. The van der Waals surface area contributed by atoms with Gasteiger partial charge in [0.1, 0.15) is 12.4 Å². The molecule has 3 heterocycles. The van der Waals surface area contributed by atoms with E-state index < -0.39 is 0 Å². The third-order valence-electron chi connectivity index (χ3n) is 19.2. The smallest absolute Gasteiger partial charge is 0.120 e. The zero-order chi connectivity index (χ0) is 58.9. The minimum atomic E-state index is -0.108. The molecule has 3 atom stereocenters. The lowest BCUT2D eigenvalue weighted by atomic mass is 9.46. The van der Waals surface area contributed by atoms with Gasteiger partial charge < -0.3 is 23.2 Å². The highest BCUT2D eigenvalue weighted by atomic mass is 16.5. The number of nitrogens with zero attached hydrogens (tertiary/aromatic N) is 3. The average Bonchev–Trinajstić information content (AvgIpc) is 1.70. The number of aromatic nitrogens is 3. The summed E-state index contributed by atoms with van der Waals surface area (Å²) in [4.78, 5) is 0. The van der Waals surface area contributed by atoms with Gasteiger partial charge in [0.25, 0.3) is 0 Å². The second kappa shape index (κ2) is 22.0. The maximum atomic E-state index is 6.88. The molecule has 0 aliphatic heterocycles. The van der Waals surface area contributed by atoms with E-state index in [1.165, 1.54) is 105 Å². The third-order valence-corrected chi connectivity index (χ3v) is 19.2. The van der Waals surface area contributed by atoms with Crippen LogP contribution in [0.2, 0.25) is 0 Å². The van der Waals surface area contributed by atoms with E-state index in [-0.39, 0.29) is 39.6 Å². The van der Waals surface area contributed by atoms with Crippen molar-refractivity contribution in [3.05, 3.63) is 234 Å². The van der Waals surface area contributed by atoms with Gasteiger partial charge in [0, 0.05) is 61.3 Å². The van der Waals surface area contributed by atoms with Gasteiger partial charge in [-0.05, 0) is 159 Å². The summed E-state index contributed by atoms with van der Waals surface area (Å²) in [7, 11) is 0. The molecular weight excluding hydrogens is 1020 g/mol. The van der Waals surface area contributed by atoms with Crippen LogP contribution in [0, 0.1) is 21.7 Å². The molecule has 12 aromatic rings. The second-order valence-corrected chi connectivity index (χ2v) is 27.1. The maximum Gasteiger partial charge on any atom is 0.120 e. The van der Waals surface area contributed by atoms with Crippen LogP contribution in [0.4, 0.5) is 0 Å². The third kappa shape index (κ3) is 10.0. The van der Waals surface area contributed by atoms with E-state index in [1.54, 1.807) is 0 Å². The summed E-state index contributed by atoms with van der Waals surface area (Å²) in [6.45, 7) is 32.7. The SMILES string of the molecule is CC.CC(Cn1c2ccc(-n3c4ccccc4c4ccccc43)cc2c2cc(-n3c4ccccc4c4ccccc43)ccc21)OCc1ccc(C(C(C)(C)C)C(C)(C)C(C)(C)C(c2ccc(COc3ccc4c(c3)CC4)cc2)C(C)(C)C)cc1. The van der Waals surface area contributed by atoms with Gasteiger partial charge in [-0.15, -0.1) is 0 Å². The van der Waals surface area contributed by atoms with Crippen LogP contribution in [0.3, 0.4) is 0 Å². The molecule has 3 unspecified atom stereocenters. The number of para-hydroxylation sites is 4. The first-order valence-electron chi connectivity index (χ1n) is 30.9. The van der Waals surface area contributed by atoms with Crippen LogP contribution in [0.1, 0.15) is 135 Å². The normalized spacial score (nSPS) is 14.2. The minimum absolute atomic E-state index is 0.00772. The molecule has 3 aromatic heterocycles. The number of hydrogen-bond donors (Lipinski definition) is 0. The molecule has 0 radical (unpaired) electrons. The Labute approximate surface area is 498 Å². The van der Waals surface area contributed by atoms with E-state index in [4.69, 9.17) is 9.47 Å². The van der Waals surface area contributed by atoms with Crippen LogP contribution >= 0.6 is 0 Å². The van der Waals surface area contributed by atoms with Gasteiger partial charge in [0.15, 0.2) is 0 Å². The summed E-state index contributed by atoms with van der Waals surface area (Å²) in [5.74, 6) is 1.52. The Morgan fingerprint density at radius 2 is 0.786 bits per heavy atom. The molecule has 0 bridgehead atoms. The first-order valence-corrected chi connectivity index (χ1v) is 30.9. The lowest BCUT2D eigenvalue weighted by Gasteiger charge is -2.58. The number of aryl methyl sites for hydroxylation is 2. The molecule has 9 aromatic carbocycles. The highest BCUT2D eigenvalue weighted by molar-refractivity contribution is 6.13. The highest BCUT2D eigenvalue weighted by Crippen LogP contribution is 2.63. The highest BCUT2D eigenvalue weighted by Gasteiger charge is 2.54. The predicted molar refractivity (Wildman–Crippen MR) is 357 cm³/mol. The molecule has 13 rings (SSSR count). The van der Waals surface area contributed by atoms with E-state index in [9.17, 15) is 0 Å². The summed E-state index contributed by atoms with van der Waals surface area (Å²) in [6.07, 6.45) is 2.28. The van der Waals surface area contributed by atoms with Gasteiger partial charge in [-0.3, -0.25) is 0 Å². The Morgan fingerprint density at radius 1 is 0.393 bits per heavy atom. The van der Waals surface area contributed by atoms with Crippen molar-refractivity contribution in [2.75, 3.05) is 0 Å². The molecule has 1 aliphatic rings. The van der Waals surface area contributed by atoms with E-state index in [0.717, 1.165) is 23.5 Å². The zero-order valence-corrected chi connectivity index (χ0v) is 52.0. The fraction of sp³-hybridized carbons (Fsp3) is 0.316. The van der Waals surface area contributed by atoms with E-state index in [1.807, 2.05) is 13.8 Å². The summed E-state index contributed by atoms with van der Waals surface area (Å²) < 4.78 is 20.5. The van der Waals surface area contributed by atoms with Crippen molar-refractivity contribution >= 4 is 65.4 Å². The van der Waals surface area contributed by atoms with Gasteiger partial charge in [0.2, 0.25) is 0 Å². The number of ether oxygens (including phenoxy) is 2. The lowest BCUT2D eigenvalue weighted by molar-refractivity contribution is -0.0236. The van der Waals surface area contributed by atoms with Crippen molar-refractivity contribution < 1.29 is 9.47 Å². The van der Waals surface area contributed by atoms with Crippen LogP contribution in [0.5, 0.6) is 5.75 Å². The van der Waals surface area contributed by atoms with Crippen LogP contribution < -0.4 is 4.74 Å². The molecule has 5 nitrogen and oxygen atoms in total. The van der Waals surface area contributed by atoms with Crippen LogP contribution in [-0.4, -0.2) is 19.8 Å². The molecule has 0 saturated heterocycles. The zero-order valence-electron chi connectivity index (χ0n) is 52.0. The molecule has 0 N–H and O–H groups in total. The molecular formula is C79H85N3O2. The number of benzene rings is 9. The van der Waals surface area contributed by atoms with Crippen LogP contribution in [0.25, 0.3) is 76.8 Å². The average molecular weight is 1110 g/mol. The van der Waals surface area contributed by atoms with Crippen molar-refractivity contribution in [2.45, 2.75) is 141 Å². The van der Waals surface area contributed by atoms with Crippen molar-refractivity contribution in [1.82, 2.24) is 13.7 Å². The summed E-state index contributed by atoms with van der Waals surface area (Å²) in [5.41, 5.74) is 17.4. The molecule has 1 aliphatic carbocycles. The standard InChI is InChI=1S/C77H79N3O2.C2H6/c1-50(81-48-51-28-32-54(33-29-51)72(74(2,3)4)76(8,9)77(10,11)73(75(5,6)7)55-34-30-52(31-35-55)49-82-59-41-38-53-36-37-56(53)44-59)47-78-66-42-39-57(79-68-24-16-12-20-60(68)61-21-13-17-25-69(61)79)45-64(66)65-46-58(40-43-67(65)78)80-70-26-18-14-22-62(70)63-23-15-19-27-71(63)80;1-2/h12-35,38-46,50,72-73H,36-37,47-49H2,1-11H3;1-2H3. The lowest BCUT2D eigenvalue weighted by Crippen LogP contribution is -2.49. The van der Waals surface area contributed by atoms with Gasteiger partial charge >= 0.3 is 0 Å². The van der Waals surface area contributed by atoms with Crippen LogP contribution in [-0.2, 0) is 37.3 Å². The predicted octanol–water partition coefficient (Wildman–Crippen LogP) is 21.3. The number of rotatable bonds is 15. The first-order chi connectivity index (χ1) is 40.3. The Kier molecular flexibility index (Phi) is 14.8. The Balaban J connectivity index is 0.00000344. The molecule has 0 fully saturated rings. The maximum absolute atomic E-state index is 6.88. The Morgan fingerprint density at radius 3 is 1.17 bits per heavy atom. The van der Waals surface area contributed by atoms with E-state index in [0.29, 0.717) is 19.8 Å². The molecule has 0 saturated carbocycles. The minimum Gasteiger partial charge on any atom is -0.489 e. The van der Waals surface area contributed by atoms with E-state index in [2.05, 4.69) is 290 Å². The van der Waals surface area contributed by atoms with Crippen molar-refractivity contribution in [2.24, 2.45) is 21.7 Å². The summed E-state index contributed by atoms with van der Waals surface area (Å²) in [5, 5.41) is 7.49. The second-order valence-electron chi connectivity index (χ2n) is 27.1. The fourth-order valence-electron chi connectivity index (χ4n) is 15.3. The molecule has 84 heavy (non-hydrogen) atoms. The van der Waals surface area contributed by atoms with Crippen molar-refractivity contribution in [3.8, 4) is 17.1 Å². The summed E-state index contributed by atoms with van der Waals surface area (Å²) in [6, 6.07) is 74.6. The van der Waals surface area contributed by atoms with Gasteiger partial charge in [0.05, 0.1) is 34.8 Å². The van der Waals surface area contributed by atoms with Crippen LogP contribution in [0.15, 0.2) is 200 Å². The molecule has 0 spiro atoms. The van der Waals surface area contributed by atoms with Gasteiger partial charge in [-0.2, -0.15) is 0 Å². The molecule has 428 valence electrons. The summed E-state index contributed by atoms with van der Waals surface area (Å²) >= 11 is 0. The van der Waals surface area contributed by atoms with Crippen molar-refractivity contribution in [3.63, 3.8) is 0 Å². The topological polar surface area (TPSA) is 33.2 Å². The van der Waals surface area contributed by atoms with E-state index >= 15 is 0 Å².